The number of nitrogens with zero attached hydrogens (tertiary/aromatic N) is 4. The van der Waals surface area contributed by atoms with E-state index in [2.05, 4.69) is 20.4 Å². The first-order valence-corrected chi connectivity index (χ1v) is 6.83. The van der Waals surface area contributed by atoms with E-state index in [9.17, 15) is 15.0 Å². The van der Waals surface area contributed by atoms with E-state index in [-0.39, 0.29) is 12.2 Å². The first kappa shape index (κ1) is 13.3. The summed E-state index contributed by atoms with van der Waals surface area (Å²) < 4.78 is 5.64. The Labute approximate surface area is 124 Å². The van der Waals surface area contributed by atoms with E-state index >= 15 is 0 Å². The topological polar surface area (TPSA) is 121 Å². The van der Waals surface area contributed by atoms with Crippen LogP contribution < -0.4 is 16.0 Å². The van der Waals surface area contributed by atoms with Crippen LogP contribution in [0.2, 0.25) is 0 Å². The molecule has 0 radical (unpaired) electrons. The molecule has 0 aliphatic carbocycles. The summed E-state index contributed by atoms with van der Waals surface area (Å²) in [5.41, 5.74) is 3.65. The molecular formula is C13H13N5O4. The average Bonchev–Trinajstić information content (AvgIpc) is 3.01. The number of ether oxygens (including phenoxy) is 1. The van der Waals surface area contributed by atoms with E-state index < -0.39 is 18.4 Å². The van der Waals surface area contributed by atoms with Gasteiger partial charge in [0.05, 0.1) is 23.8 Å². The molecule has 4 rings (SSSR count). The molecule has 0 aromatic carbocycles. The van der Waals surface area contributed by atoms with Gasteiger partial charge in [-0.15, -0.1) is 0 Å². The fraction of sp³-hybridized carbons (Fsp3) is 0.385. The smallest absolute Gasteiger partial charge is 0.271 e. The molecule has 3 atom stereocenters. The molecule has 114 valence electrons. The van der Waals surface area contributed by atoms with Crippen LogP contribution >= 0.6 is 0 Å². The number of anilines is 2. The Bertz CT molecular complexity index is 801. The van der Waals surface area contributed by atoms with Crippen LogP contribution in [0.5, 0.6) is 0 Å². The van der Waals surface area contributed by atoms with Crippen LogP contribution in [0, 0.1) is 0 Å². The van der Waals surface area contributed by atoms with Crippen LogP contribution in [0.25, 0.3) is 11.0 Å². The van der Waals surface area contributed by atoms with E-state index in [0.717, 1.165) is 0 Å². The molecule has 9 nitrogen and oxygen atoms in total. The Morgan fingerprint density at radius 2 is 2.27 bits per heavy atom. The molecule has 2 aliphatic rings. The molecule has 0 amide bonds. The van der Waals surface area contributed by atoms with E-state index in [1.54, 1.807) is 11.1 Å². The van der Waals surface area contributed by atoms with Crippen molar-refractivity contribution >= 4 is 22.5 Å². The fourth-order valence-electron chi connectivity index (χ4n) is 2.78. The quantitative estimate of drug-likeness (QED) is 0.641. The van der Waals surface area contributed by atoms with Gasteiger partial charge in [0.1, 0.15) is 12.4 Å². The van der Waals surface area contributed by atoms with Gasteiger partial charge in [-0.05, 0) is 6.07 Å². The molecule has 0 saturated carbocycles. The maximum atomic E-state index is 11.5. The summed E-state index contributed by atoms with van der Waals surface area (Å²) in [6.07, 6.45) is -0.224. The van der Waals surface area contributed by atoms with Gasteiger partial charge in [0, 0.05) is 12.5 Å². The lowest BCUT2D eigenvalue weighted by molar-refractivity contribution is -0.0211. The fourth-order valence-corrected chi connectivity index (χ4v) is 2.78. The zero-order valence-corrected chi connectivity index (χ0v) is 11.4. The number of nitrogens with one attached hydrogen (secondary N) is 1. The molecule has 1 unspecified atom stereocenters. The van der Waals surface area contributed by atoms with Crippen molar-refractivity contribution in [2.75, 3.05) is 17.0 Å². The maximum Gasteiger partial charge on any atom is 0.271 e. The van der Waals surface area contributed by atoms with Gasteiger partial charge in [0.15, 0.2) is 17.7 Å². The van der Waals surface area contributed by atoms with E-state index in [0.29, 0.717) is 29.0 Å². The Kier molecular flexibility index (Phi) is 2.93. The second-order valence-electron chi connectivity index (χ2n) is 5.19. The number of rotatable bonds is 2. The highest BCUT2D eigenvalue weighted by molar-refractivity contribution is 6.01. The SMILES string of the molecule is O=c1ccc2c3c(ncnc3n1)N([C@H]1CC(O)[C@@H](CO)O1)N2. The molecule has 3 N–H and O–H groups in total. The predicted octanol–water partition coefficient (Wildman–Crippen LogP) is -1.000. The zero-order valence-electron chi connectivity index (χ0n) is 11.4. The normalized spacial score (nSPS) is 26.5. The minimum Gasteiger partial charge on any atom is -0.394 e. The van der Waals surface area contributed by atoms with Gasteiger partial charge >= 0.3 is 0 Å². The number of aromatic nitrogens is 3. The number of hydrogen-bond acceptors (Lipinski definition) is 9. The minimum absolute atomic E-state index is 0.256. The van der Waals surface area contributed by atoms with Gasteiger partial charge < -0.3 is 14.9 Å². The Morgan fingerprint density at radius 1 is 1.41 bits per heavy atom. The van der Waals surface area contributed by atoms with Crippen molar-refractivity contribution in [2.45, 2.75) is 24.9 Å². The molecule has 22 heavy (non-hydrogen) atoms. The average molecular weight is 303 g/mol. The standard InChI is InChI=1S/C13H13N5O4/c19-4-8-7(20)3-10(22-8)18-13-11-6(17-18)1-2-9(21)16-12(11)14-5-15-13/h1-2,5,7-8,10,17,19-20H,3-4H2/t7?,8-,10-/m1/s1. The molecule has 2 aromatic rings. The zero-order chi connectivity index (χ0) is 15.3. The largest absolute Gasteiger partial charge is 0.394 e. The number of hydrazine groups is 1. The van der Waals surface area contributed by atoms with Crippen molar-refractivity contribution in [1.29, 1.82) is 0 Å². The molecule has 0 bridgehead atoms. The summed E-state index contributed by atoms with van der Waals surface area (Å²) in [4.78, 5) is 23.7. The number of aliphatic hydroxyl groups is 2. The molecule has 1 fully saturated rings. The highest BCUT2D eigenvalue weighted by Gasteiger charge is 2.40. The van der Waals surface area contributed by atoms with Gasteiger partial charge in [-0.2, -0.15) is 4.98 Å². The van der Waals surface area contributed by atoms with E-state index in [4.69, 9.17) is 4.74 Å². The van der Waals surface area contributed by atoms with Gasteiger partial charge in [-0.25, -0.2) is 15.0 Å². The molecule has 4 heterocycles. The summed E-state index contributed by atoms with van der Waals surface area (Å²) in [7, 11) is 0. The van der Waals surface area contributed by atoms with Crippen molar-refractivity contribution in [1.82, 2.24) is 15.0 Å². The molecule has 0 spiro atoms. The van der Waals surface area contributed by atoms with Gasteiger partial charge in [-0.3, -0.25) is 10.2 Å². The number of aliphatic hydroxyl groups excluding tert-OH is 2. The third-order valence-corrected chi connectivity index (χ3v) is 3.83. The van der Waals surface area contributed by atoms with Crippen LogP contribution in [-0.2, 0) is 4.74 Å². The van der Waals surface area contributed by atoms with Gasteiger partial charge in [0.25, 0.3) is 5.56 Å². The Morgan fingerprint density at radius 3 is 3.05 bits per heavy atom. The van der Waals surface area contributed by atoms with Gasteiger partial charge in [0.2, 0.25) is 0 Å². The van der Waals surface area contributed by atoms with Crippen LogP contribution in [0.15, 0.2) is 23.3 Å². The monoisotopic (exact) mass is 303 g/mol. The van der Waals surface area contributed by atoms with Crippen LogP contribution in [0.1, 0.15) is 6.42 Å². The summed E-state index contributed by atoms with van der Waals surface area (Å²) in [5, 5.41) is 21.4. The van der Waals surface area contributed by atoms with Crippen molar-refractivity contribution in [3.63, 3.8) is 0 Å². The van der Waals surface area contributed by atoms with Crippen LogP contribution in [0.4, 0.5) is 11.5 Å². The summed E-state index contributed by atoms with van der Waals surface area (Å²) in [6, 6.07) is 2.96. The first-order chi connectivity index (χ1) is 10.7. The minimum atomic E-state index is -0.750. The highest BCUT2D eigenvalue weighted by Crippen LogP contribution is 2.38. The second kappa shape index (κ2) is 4.83. The second-order valence-corrected chi connectivity index (χ2v) is 5.19. The summed E-state index contributed by atoms with van der Waals surface area (Å²) >= 11 is 0. The highest BCUT2D eigenvalue weighted by atomic mass is 16.5. The van der Waals surface area contributed by atoms with Gasteiger partial charge in [-0.1, -0.05) is 0 Å². The van der Waals surface area contributed by atoms with Crippen molar-refractivity contribution < 1.29 is 14.9 Å². The van der Waals surface area contributed by atoms with Crippen molar-refractivity contribution in [3.8, 4) is 0 Å². The first-order valence-electron chi connectivity index (χ1n) is 6.83. The Hall–Kier alpha value is -2.36. The van der Waals surface area contributed by atoms with Crippen molar-refractivity contribution in [2.24, 2.45) is 0 Å². The lowest BCUT2D eigenvalue weighted by Gasteiger charge is -2.25. The molecular weight excluding hydrogens is 290 g/mol. The third-order valence-electron chi connectivity index (χ3n) is 3.83. The lowest BCUT2D eigenvalue weighted by atomic mass is 10.2. The molecule has 2 aliphatic heterocycles. The molecule has 1 saturated heterocycles. The van der Waals surface area contributed by atoms with Crippen molar-refractivity contribution in [3.05, 3.63) is 28.8 Å². The van der Waals surface area contributed by atoms with Crippen LogP contribution in [0.3, 0.4) is 0 Å². The van der Waals surface area contributed by atoms with Crippen LogP contribution in [-0.4, -0.2) is 50.2 Å². The Balaban J connectivity index is 1.79. The number of hydrogen-bond donors (Lipinski definition) is 3. The predicted molar refractivity (Wildman–Crippen MR) is 76.1 cm³/mol. The maximum absolute atomic E-state index is 11.5. The summed E-state index contributed by atoms with van der Waals surface area (Å²) in [6.45, 7) is -0.256. The van der Waals surface area contributed by atoms with E-state index in [1.807, 2.05) is 0 Å². The third kappa shape index (κ3) is 1.90. The molecule has 2 aromatic heterocycles. The van der Waals surface area contributed by atoms with E-state index in [1.165, 1.54) is 12.4 Å². The summed E-state index contributed by atoms with van der Waals surface area (Å²) in [5.74, 6) is 0.527. The lowest BCUT2D eigenvalue weighted by Crippen LogP contribution is -2.38. The molecule has 9 heteroatoms.